The van der Waals surface area contributed by atoms with Gasteiger partial charge in [-0.3, -0.25) is 4.79 Å². The molecular weight excluding hydrogens is 228 g/mol. The predicted molar refractivity (Wildman–Crippen MR) is 69.1 cm³/mol. The molecule has 1 aromatic carbocycles. The fourth-order valence-corrected chi connectivity index (χ4v) is 1.80. The molecule has 0 spiro atoms. The second-order valence-electron chi connectivity index (χ2n) is 4.69. The Hall–Kier alpha value is -2.02. The zero-order valence-electron chi connectivity index (χ0n) is 11.2. The molecule has 0 aliphatic rings. The van der Waals surface area contributed by atoms with Gasteiger partial charge in [0.2, 0.25) is 5.91 Å². The van der Waals surface area contributed by atoms with Crippen LogP contribution in [-0.2, 0) is 10.3 Å². The number of nitriles is 1. The highest BCUT2D eigenvalue weighted by molar-refractivity contribution is 5.79. The molecule has 96 valence electrons. The van der Waals surface area contributed by atoms with Crippen molar-refractivity contribution in [1.29, 1.82) is 5.26 Å². The number of carbonyl (C=O) groups excluding carboxylic acids is 1. The lowest BCUT2D eigenvalue weighted by atomic mass is 9.92. The number of rotatable bonds is 4. The van der Waals surface area contributed by atoms with Crippen LogP contribution in [0.4, 0.5) is 0 Å². The van der Waals surface area contributed by atoms with Crippen molar-refractivity contribution >= 4 is 5.91 Å². The molecule has 18 heavy (non-hydrogen) atoms. The van der Waals surface area contributed by atoms with Crippen LogP contribution < -0.4 is 10.1 Å². The van der Waals surface area contributed by atoms with Crippen LogP contribution in [0, 0.1) is 18.3 Å². The number of benzene rings is 1. The molecule has 1 aromatic rings. The highest BCUT2D eigenvalue weighted by atomic mass is 16.5. The average molecular weight is 246 g/mol. The molecule has 1 amide bonds. The van der Waals surface area contributed by atoms with Crippen molar-refractivity contribution in [2.45, 2.75) is 32.7 Å². The molecule has 0 unspecified atom stereocenters. The third-order valence-electron chi connectivity index (χ3n) is 2.81. The van der Waals surface area contributed by atoms with Crippen LogP contribution in [0.15, 0.2) is 18.2 Å². The molecule has 0 atom stereocenters. The van der Waals surface area contributed by atoms with Gasteiger partial charge < -0.3 is 10.1 Å². The minimum atomic E-state index is -0.509. The summed E-state index contributed by atoms with van der Waals surface area (Å²) in [6, 6.07) is 7.61. The predicted octanol–water partition coefficient (Wildman–Crippen LogP) is 2.27. The third-order valence-corrected chi connectivity index (χ3v) is 2.81. The molecule has 0 bridgehead atoms. The third kappa shape index (κ3) is 3.24. The van der Waals surface area contributed by atoms with Crippen molar-refractivity contribution in [1.82, 2.24) is 5.32 Å². The number of carbonyl (C=O) groups is 1. The van der Waals surface area contributed by atoms with E-state index in [-0.39, 0.29) is 12.3 Å². The van der Waals surface area contributed by atoms with E-state index < -0.39 is 5.54 Å². The summed E-state index contributed by atoms with van der Waals surface area (Å²) in [6.45, 7) is 5.77. The summed E-state index contributed by atoms with van der Waals surface area (Å²) in [4.78, 5) is 11.5. The van der Waals surface area contributed by atoms with Gasteiger partial charge in [0.05, 0.1) is 18.7 Å². The zero-order valence-corrected chi connectivity index (χ0v) is 11.2. The zero-order chi connectivity index (χ0) is 13.8. The summed E-state index contributed by atoms with van der Waals surface area (Å²) in [5, 5.41) is 11.3. The van der Waals surface area contributed by atoms with Gasteiger partial charge in [0, 0.05) is 0 Å². The SMILES string of the molecule is COc1ccc(C(C)(C)NC(=O)CC#N)cc1C. The van der Waals surface area contributed by atoms with Crippen molar-refractivity contribution in [3.05, 3.63) is 29.3 Å². The van der Waals surface area contributed by atoms with Crippen molar-refractivity contribution in [2.24, 2.45) is 0 Å². The van der Waals surface area contributed by atoms with Gasteiger partial charge in [0.15, 0.2) is 0 Å². The summed E-state index contributed by atoms with van der Waals surface area (Å²) in [6.07, 6.45) is -0.126. The minimum absolute atomic E-state index is 0.126. The van der Waals surface area contributed by atoms with Crippen molar-refractivity contribution in [2.75, 3.05) is 7.11 Å². The van der Waals surface area contributed by atoms with E-state index >= 15 is 0 Å². The lowest BCUT2D eigenvalue weighted by Gasteiger charge is -2.27. The van der Waals surface area contributed by atoms with Gasteiger partial charge in [0.25, 0.3) is 0 Å². The van der Waals surface area contributed by atoms with E-state index in [4.69, 9.17) is 10.00 Å². The van der Waals surface area contributed by atoms with Gasteiger partial charge >= 0.3 is 0 Å². The lowest BCUT2D eigenvalue weighted by Crippen LogP contribution is -2.40. The van der Waals surface area contributed by atoms with Gasteiger partial charge in [-0.15, -0.1) is 0 Å². The summed E-state index contributed by atoms with van der Waals surface area (Å²) >= 11 is 0. The quantitative estimate of drug-likeness (QED) is 0.886. The number of nitrogens with zero attached hydrogens (tertiary/aromatic N) is 1. The fourth-order valence-electron chi connectivity index (χ4n) is 1.80. The number of hydrogen-bond donors (Lipinski definition) is 1. The number of hydrogen-bond acceptors (Lipinski definition) is 3. The van der Waals surface area contributed by atoms with Crippen molar-refractivity contribution in [3.63, 3.8) is 0 Å². The standard InChI is InChI=1S/C14H18N2O2/c1-10-9-11(5-6-12(10)18-4)14(2,3)16-13(17)7-8-15/h5-6,9H,7H2,1-4H3,(H,16,17). The molecule has 0 radical (unpaired) electrons. The van der Waals surface area contributed by atoms with Gasteiger partial charge in [-0.25, -0.2) is 0 Å². The molecule has 0 aliphatic heterocycles. The smallest absolute Gasteiger partial charge is 0.234 e. The Morgan fingerprint density at radius 3 is 2.67 bits per heavy atom. The molecule has 0 aliphatic carbocycles. The highest BCUT2D eigenvalue weighted by Crippen LogP contribution is 2.26. The number of methoxy groups -OCH3 is 1. The van der Waals surface area contributed by atoms with Crippen LogP contribution >= 0.6 is 0 Å². The molecule has 0 fully saturated rings. The van der Waals surface area contributed by atoms with E-state index in [9.17, 15) is 4.79 Å². The molecule has 0 heterocycles. The second-order valence-corrected chi connectivity index (χ2v) is 4.69. The molecule has 1 N–H and O–H groups in total. The molecule has 4 nitrogen and oxygen atoms in total. The maximum Gasteiger partial charge on any atom is 0.234 e. The maximum absolute atomic E-state index is 11.5. The van der Waals surface area contributed by atoms with Crippen LogP contribution in [-0.4, -0.2) is 13.0 Å². The van der Waals surface area contributed by atoms with Crippen molar-refractivity contribution in [3.8, 4) is 11.8 Å². The Labute approximate surface area is 108 Å². The van der Waals surface area contributed by atoms with E-state index in [0.29, 0.717) is 0 Å². The van der Waals surface area contributed by atoms with Crippen LogP contribution in [0.5, 0.6) is 5.75 Å². The van der Waals surface area contributed by atoms with Gasteiger partial charge in [0.1, 0.15) is 12.2 Å². The molecule has 0 saturated carbocycles. The summed E-state index contributed by atoms with van der Waals surface area (Å²) in [5.41, 5.74) is 1.48. The van der Waals surface area contributed by atoms with E-state index in [0.717, 1.165) is 16.9 Å². The molecule has 4 heteroatoms. The van der Waals surface area contributed by atoms with Gasteiger partial charge in [-0.1, -0.05) is 12.1 Å². The van der Waals surface area contributed by atoms with E-state index in [1.807, 2.05) is 45.0 Å². The Bertz CT molecular complexity index is 487. The lowest BCUT2D eigenvalue weighted by molar-refractivity contribution is -0.121. The van der Waals surface area contributed by atoms with Crippen LogP contribution in [0.1, 0.15) is 31.4 Å². The Morgan fingerprint density at radius 1 is 1.50 bits per heavy atom. The van der Waals surface area contributed by atoms with Crippen LogP contribution in [0.2, 0.25) is 0 Å². The Morgan fingerprint density at radius 2 is 2.17 bits per heavy atom. The maximum atomic E-state index is 11.5. The first kappa shape index (κ1) is 14.0. The monoisotopic (exact) mass is 246 g/mol. The number of ether oxygens (including phenoxy) is 1. The molecule has 1 rings (SSSR count). The number of aryl methyl sites for hydroxylation is 1. The van der Waals surface area contributed by atoms with Gasteiger partial charge in [-0.05, 0) is 38.0 Å². The number of nitrogens with one attached hydrogen (secondary N) is 1. The first-order valence-corrected chi connectivity index (χ1v) is 5.74. The first-order valence-electron chi connectivity index (χ1n) is 5.74. The van der Waals surface area contributed by atoms with Crippen LogP contribution in [0.25, 0.3) is 0 Å². The molecular formula is C14H18N2O2. The van der Waals surface area contributed by atoms with E-state index in [2.05, 4.69) is 5.32 Å². The molecule has 0 aromatic heterocycles. The second kappa shape index (κ2) is 5.54. The normalized spacial score (nSPS) is 10.6. The van der Waals surface area contributed by atoms with E-state index in [1.54, 1.807) is 7.11 Å². The Balaban J connectivity index is 2.95. The van der Waals surface area contributed by atoms with E-state index in [1.165, 1.54) is 0 Å². The first-order chi connectivity index (χ1) is 8.40. The number of amides is 1. The highest BCUT2D eigenvalue weighted by Gasteiger charge is 2.23. The van der Waals surface area contributed by atoms with Crippen molar-refractivity contribution < 1.29 is 9.53 Å². The van der Waals surface area contributed by atoms with Crippen LogP contribution in [0.3, 0.4) is 0 Å². The average Bonchev–Trinajstić information content (AvgIpc) is 2.28. The largest absolute Gasteiger partial charge is 0.496 e. The van der Waals surface area contributed by atoms with Gasteiger partial charge in [-0.2, -0.15) is 5.26 Å². The molecule has 0 saturated heterocycles. The summed E-state index contributed by atoms with van der Waals surface area (Å²) < 4.78 is 5.20. The Kier molecular flexibility index (Phi) is 4.33. The minimum Gasteiger partial charge on any atom is -0.496 e. The fraction of sp³-hybridized carbons (Fsp3) is 0.429. The summed E-state index contributed by atoms with van der Waals surface area (Å²) in [5.74, 6) is 0.550. The summed E-state index contributed by atoms with van der Waals surface area (Å²) in [7, 11) is 1.63. The topological polar surface area (TPSA) is 62.1 Å².